The molecule has 0 aliphatic heterocycles. The molecule has 3 rings (SSSR count). The Morgan fingerprint density at radius 3 is 2.35 bits per heavy atom. The second-order valence-electron chi connectivity index (χ2n) is 7.23. The zero-order valence-corrected chi connectivity index (χ0v) is 19.8. The van der Waals surface area contributed by atoms with Crippen molar-refractivity contribution in [3.05, 3.63) is 62.6 Å². The predicted octanol–water partition coefficient (Wildman–Crippen LogP) is 5.20. The number of hydrogen-bond donors (Lipinski definition) is 4. The van der Waals surface area contributed by atoms with Crippen LogP contribution in [0.3, 0.4) is 0 Å². The summed E-state index contributed by atoms with van der Waals surface area (Å²) in [5.41, 5.74) is 7.04. The highest BCUT2D eigenvalue weighted by Gasteiger charge is 2.15. The minimum atomic E-state index is -0.585. The van der Waals surface area contributed by atoms with E-state index < -0.39 is 4.92 Å². The number of halogens is 2. The fourth-order valence-electron chi connectivity index (χ4n) is 3.09. The number of anilines is 4. The number of amides is 1. The lowest BCUT2D eigenvalue weighted by Gasteiger charge is -2.15. The van der Waals surface area contributed by atoms with Crippen molar-refractivity contribution in [2.24, 2.45) is 0 Å². The van der Waals surface area contributed by atoms with Gasteiger partial charge in [-0.2, -0.15) is 0 Å². The summed E-state index contributed by atoms with van der Waals surface area (Å²) in [5.74, 6) is 0.707. The highest BCUT2D eigenvalue weighted by molar-refractivity contribution is 6.36. The van der Waals surface area contributed by atoms with E-state index in [1.165, 1.54) is 12.1 Å². The number of nitrogens with two attached hydrogens (primary N) is 1. The third-order valence-electron chi connectivity index (χ3n) is 4.67. The Morgan fingerprint density at radius 2 is 1.74 bits per heavy atom. The van der Waals surface area contributed by atoms with E-state index >= 15 is 0 Å². The minimum Gasteiger partial charge on any atom is -0.378 e. The number of nitrogens with one attached hydrogen (secondary N) is 3. The van der Waals surface area contributed by atoms with Crippen molar-refractivity contribution in [3.63, 3.8) is 0 Å². The molecule has 0 unspecified atom stereocenters. The van der Waals surface area contributed by atoms with Crippen molar-refractivity contribution in [3.8, 4) is 11.3 Å². The molecule has 178 valence electrons. The van der Waals surface area contributed by atoms with Crippen molar-refractivity contribution in [2.45, 2.75) is 19.8 Å². The SMILES string of the molecule is CCCC(=O)Nc1ccc(NCCNc2ccc([N+](=O)[O-])c(N)n2)nc1-c1ccc(Cl)cc1Cl. The van der Waals surface area contributed by atoms with Gasteiger partial charge < -0.3 is 21.7 Å². The molecule has 0 bridgehead atoms. The first kappa shape index (κ1) is 25.0. The van der Waals surface area contributed by atoms with Crippen molar-refractivity contribution >= 4 is 57.9 Å². The molecule has 34 heavy (non-hydrogen) atoms. The topological polar surface area (TPSA) is 148 Å². The average Bonchev–Trinajstić information content (AvgIpc) is 2.78. The van der Waals surface area contributed by atoms with Gasteiger partial charge in [0, 0.05) is 36.2 Å². The van der Waals surface area contributed by atoms with E-state index in [2.05, 4.69) is 25.9 Å². The molecule has 0 atom stereocenters. The van der Waals surface area contributed by atoms with Crippen LogP contribution in [0.15, 0.2) is 42.5 Å². The van der Waals surface area contributed by atoms with Gasteiger partial charge in [0.25, 0.3) is 0 Å². The van der Waals surface area contributed by atoms with Gasteiger partial charge in [0.05, 0.1) is 21.3 Å². The van der Waals surface area contributed by atoms with Crippen LogP contribution < -0.4 is 21.7 Å². The molecule has 1 aromatic carbocycles. The highest BCUT2D eigenvalue weighted by atomic mass is 35.5. The number of benzene rings is 1. The van der Waals surface area contributed by atoms with Gasteiger partial charge in [-0.3, -0.25) is 14.9 Å². The number of carbonyl (C=O) groups excluding carboxylic acids is 1. The highest BCUT2D eigenvalue weighted by Crippen LogP contribution is 2.34. The number of pyridine rings is 2. The number of hydrogen-bond acceptors (Lipinski definition) is 8. The molecule has 0 saturated carbocycles. The van der Waals surface area contributed by atoms with E-state index in [4.69, 9.17) is 28.9 Å². The van der Waals surface area contributed by atoms with Crippen LogP contribution >= 0.6 is 23.2 Å². The van der Waals surface area contributed by atoms with Crippen LogP contribution in [0.4, 0.5) is 28.8 Å². The zero-order chi connectivity index (χ0) is 24.7. The maximum Gasteiger partial charge on any atom is 0.311 e. The molecular formula is C22H23Cl2N7O3. The van der Waals surface area contributed by atoms with Crippen molar-refractivity contribution in [2.75, 3.05) is 34.8 Å². The first-order valence-electron chi connectivity index (χ1n) is 10.4. The number of nitro groups is 1. The Labute approximate surface area is 206 Å². The molecular weight excluding hydrogens is 481 g/mol. The summed E-state index contributed by atoms with van der Waals surface area (Å²) in [5, 5.41) is 20.9. The Balaban J connectivity index is 1.72. The molecule has 12 heteroatoms. The minimum absolute atomic E-state index is 0.115. The normalized spacial score (nSPS) is 10.6. The van der Waals surface area contributed by atoms with Crippen LogP contribution in [0.5, 0.6) is 0 Å². The van der Waals surface area contributed by atoms with Crippen molar-refractivity contribution in [1.29, 1.82) is 0 Å². The number of aromatic nitrogens is 2. The molecule has 0 aliphatic carbocycles. The molecule has 0 fully saturated rings. The fourth-order valence-corrected chi connectivity index (χ4v) is 3.58. The smallest absolute Gasteiger partial charge is 0.311 e. The molecule has 0 radical (unpaired) electrons. The maximum absolute atomic E-state index is 12.2. The predicted molar refractivity (Wildman–Crippen MR) is 136 cm³/mol. The number of nitrogen functional groups attached to an aromatic ring is 1. The monoisotopic (exact) mass is 503 g/mol. The number of nitrogens with zero attached hydrogens (tertiary/aromatic N) is 3. The largest absolute Gasteiger partial charge is 0.378 e. The quantitative estimate of drug-likeness (QED) is 0.167. The number of rotatable bonds is 10. The molecule has 2 aromatic heterocycles. The molecule has 10 nitrogen and oxygen atoms in total. The van der Waals surface area contributed by atoms with E-state index in [1.807, 2.05) is 6.92 Å². The van der Waals surface area contributed by atoms with Crippen LogP contribution in [0.1, 0.15) is 19.8 Å². The van der Waals surface area contributed by atoms with Gasteiger partial charge in [-0.25, -0.2) is 9.97 Å². The van der Waals surface area contributed by atoms with Crippen molar-refractivity contribution in [1.82, 2.24) is 9.97 Å². The van der Waals surface area contributed by atoms with E-state index in [0.717, 1.165) is 6.42 Å². The summed E-state index contributed by atoms with van der Waals surface area (Å²) in [6.07, 6.45) is 1.11. The van der Waals surface area contributed by atoms with Gasteiger partial charge in [-0.05, 0) is 42.8 Å². The first-order valence-corrected chi connectivity index (χ1v) is 11.2. The van der Waals surface area contributed by atoms with Crippen LogP contribution in [-0.4, -0.2) is 33.9 Å². The van der Waals surface area contributed by atoms with Crippen LogP contribution in [0.25, 0.3) is 11.3 Å². The lowest BCUT2D eigenvalue weighted by atomic mass is 10.1. The van der Waals surface area contributed by atoms with Crippen molar-refractivity contribution < 1.29 is 9.72 Å². The van der Waals surface area contributed by atoms with Gasteiger partial charge in [-0.15, -0.1) is 0 Å². The second kappa shape index (κ2) is 11.5. The van der Waals surface area contributed by atoms with Gasteiger partial charge in [0.15, 0.2) is 0 Å². The summed E-state index contributed by atoms with van der Waals surface area (Å²) in [4.78, 5) is 31.1. The summed E-state index contributed by atoms with van der Waals surface area (Å²) in [7, 11) is 0. The Hall–Kier alpha value is -3.63. The summed E-state index contributed by atoms with van der Waals surface area (Å²) < 4.78 is 0. The van der Waals surface area contributed by atoms with Gasteiger partial charge in [0.1, 0.15) is 11.6 Å². The molecule has 0 saturated heterocycles. The second-order valence-corrected chi connectivity index (χ2v) is 8.07. The van der Waals surface area contributed by atoms with Crippen LogP contribution in [0, 0.1) is 10.1 Å². The third kappa shape index (κ3) is 6.46. The lowest BCUT2D eigenvalue weighted by molar-refractivity contribution is -0.384. The van der Waals surface area contributed by atoms with Gasteiger partial charge in [-0.1, -0.05) is 30.1 Å². The molecule has 0 aliphatic rings. The van der Waals surface area contributed by atoms with E-state index in [1.54, 1.807) is 30.3 Å². The maximum atomic E-state index is 12.2. The number of carbonyl (C=O) groups is 1. The van der Waals surface area contributed by atoms with E-state index in [-0.39, 0.29) is 17.4 Å². The zero-order valence-electron chi connectivity index (χ0n) is 18.3. The summed E-state index contributed by atoms with van der Waals surface area (Å²) >= 11 is 12.4. The van der Waals surface area contributed by atoms with E-state index in [9.17, 15) is 14.9 Å². The third-order valence-corrected chi connectivity index (χ3v) is 5.22. The average molecular weight is 504 g/mol. The van der Waals surface area contributed by atoms with Crippen LogP contribution in [0.2, 0.25) is 10.0 Å². The standard InChI is InChI=1S/C22H23Cl2N7O3/c1-2-3-20(32)28-16-6-8-18(29-21(16)14-5-4-13(23)12-15(14)24)26-10-11-27-19-9-7-17(31(33)34)22(25)30-19/h4-9,12H,2-3,10-11H2,1H3,(H,26,29)(H,28,32)(H3,25,27,30). The summed E-state index contributed by atoms with van der Waals surface area (Å²) in [6.45, 7) is 2.83. The molecule has 1 amide bonds. The lowest BCUT2D eigenvalue weighted by Crippen LogP contribution is -2.16. The molecule has 2 heterocycles. The van der Waals surface area contributed by atoms with Gasteiger partial charge in [0.2, 0.25) is 11.7 Å². The molecule has 5 N–H and O–H groups in total. The molecule has 3 aromatic rings. The van der Waals surface area contributed by atoms with Crippen LogP contribution in [-0.2, 0) is 4.79 Å². The Kier molecular flexibility index (Phi) is 8.44. The Morgan fingerprint density at radius 1 is 1.06 bits per heavy atom. The van der Waals surface area contributed by atoms with E-state index in [0.29, 0.717) is 58.1 Å². The molecule has 0 spiro atoms. The Bertz CT molecular complexity index is 1210. The summed E-state index contributed by atoms with van der Waals surface area (Å²) in [6, 6.07) is 11.4. The fraction of sp³-hybridized carbons (Fsp3) is 0.227. The first-order chi connectivity index (χ1) is 16.3. The van der Waals surface area contributed by atoms with Gasteiger partial charge >= 0.3 is 5.69 Å².